The van der Waals surface area contributed by atoms with E-state index in [0.717, 1.165) is 31.5 Å². The standard InChI is InChI=1S/C18H23N3O3/c1-12-5-2-6-13(19-12)18(23)21-11-15(20-9-3-8-16(20)22)17-14(21)7-4-10-24-17/h2,5-6,14-15,17H,3-4,7-11H2,1H3/t14-,15-,17+/m0/s1. The molecule has 2 amide bonds. The maximum atomic E-state index is 13.0. The largest absolute Gasteiger partial charge is 0.374 e. The first-order valence-corrected chi connectivity index (χ1v) is 8.81. The van der Waals surface area contributed by atoms with Crippen LogP contribution in [0, 0.1) is 6.92 Å². The molecular weight excluding hydrogens is 306 g/mol. The van der Waals surface area contributed by atoms with E-state index in [1.165, 1.54) is 0 Å². The Balaban J connectivity index is 1.61. The Morgan fingerprint density at radius 2 is 2.17 bits per heavy atom. The summed E-state index contributed by atoms with van der Waals surface area (Å²) in [6.45, 7) is 3.93. The van der Waals surface area contributed by atoms with Crippen LogP contribution in [0.1, 0.15) is 41.9 Å². The van der Waals surface area contributed by atoms with Gasteiger partial charge < -0.3 is 14.5 Å². The number of carbonyl (C=O) groups is 2. The molecule has 6 heteroatoms. The van der Waals surface area contributed by atoms with Gasteiger partial charge in [-0.25, -0.2) is 4.98 Å². The maximum absolute atomic E-state index is 13.0. The molecule has 24 heavy (non-hydrogen) atoms. The van der Waals surface area contributed by atoms with Crippen LogP contribution < -0.4 is 0 Å². The van der Waals surface area contributed by atoms with E-state index in [0.29, 0.717) is 25.3 Å². The van der Waals surface area contributed by atoms with Gasteiger partial charge in [0.05, 0.1) is 18.2 Å². The Morgan fingerprint density at radius 1 is 1.29 bits per heavy atom. The van der Waals surface area contributed by atoms with Crippen LogP contribution in [0.15, 0.2) is 18.2 Å². The number of rotatable bonds is 2. The summed E-state index contributed by atoms with van der Waals surface area (Å²) >= 11 is 0. The molecule has 0 N–H and O–H groups in total. The molecule has 0 aromatic carbocycles. The van der Waals surface area contributed by atoms with Gasteiger partial charge in [-0.05, 0) is 38.3 Å². The highest BCUT2D eigenvalue weighted by Crippen LogP contribution is 2.34. The number of amides is 2. The van der Waals surface area contributed by atoms with E-state index in [9.17, 15) is 9.59 Å². The molecule has 0 saturated carbocycles. The van der Waals surface area contributed by atoms with Crippen LogP contribution in [0.25, 0.3) is 0 Å². The van der Waals surface area contributed by atoms with E-state index >= 15 is 0 Å². The van der Waals surface area contributed by atoms with Gasteiger partial charge >= 0.3 is 0 Å². The van der Waals surface area contributed by atoms with Crippen molar-refractivity contribution in [3.8, 4) is 0 Å². The number of hydrogen-bond donors (Lipinski definition) is 0. The molecule has 0 bridgehead atoms. The van der Waals surface area contributed by atoms with Crippen LogP contribution in [0.2, 0.25) is 0 Å². The van der Waals surface area contributed by atoms with Crippen molar-refractivity contribution < 1.29 is 14.3 Å². The van der Waals surface area contributed by atoms with Crippen molar-refractivity contribution in [2.24, 2.45) is 0 Å². The van der Waals surface area contributed by atoms with Crippen LogP contribution in [-0.4, -0.2) is 64.5 Å². The van der Waals surface area contributed by atoms with Crippen molar-refractivity contribution in [3.63, 3.8) is 0 Å². The van der Waals surface area contributed by atoms with Crippen molar-refractivity contribution in [2.45, 2.75) is 50.8 Å². The van der Waals surface area contributed by atoms with E-state index in [2.05, 4.69) is 4.98 Å². The molecule has 6 nitrogen and oxygen atoms in total. The number of aromatic nitrogens is 1. The first kappa shape index (κ1) is 15.6. The highest BCUT2D eigenvalue weighted by molar-refractivity contribution is 5.93. The number of hydrogen-bond acceptors (Lipinski definition) is 4. The fraction of sp³-hybridized carbons (Fsp3) is 0.611. The average molecular weight is 329 g/mol. The van der Waals surface area contributed by atoms with Gasteiger partial charge in [-0.15, -0.1) is 0 Å². The minimum atomic E-state index is -0.0606. The summed E-state index contributed by atoms with van der Waals surface area (Å²) in [5.41, 5.74) is 1.32. The Kier molecular flexibility index (Phi) is 4.00. The molecule has 3 aliphatic rings. The first-order chi connectivity index (χ1) is 11.6. The van der Waals surface area contributed by atoms with Gasteiger partial charge in [0.25, 0.3) is 5.91 Å². The Bertz CT molecular complexity index is 663. The van der Waals surface area contributed by atoms with E-state index in [1.807, 2.05) is 28.9 Å². The van der Waals surface area contributed by atoms with Crippen LogP contribution >= 0.6 is 0 Å². The van der Waals surface area contributed by atoms with Crippen molar-refractivity contribution in [1.29, 1.82) is 0 Å². The van der Waals surface area contributed by atoms with E-state index < -0.39 is 0 Å². The van der Waals surface area contributed by atoms with Gasteiger partial charge in [-0.1, -0.05) is 6.07 Å². The monoisotopic (exact) mass is 329 g/mol. The molecule has 0 radical (unpaired) electrons. The zero-order chi connectivity index (χ0) is 16.7. The topological polar surface area (TPSA) is 62.7 Å². The molecule has 3 saturated heterocycles. The summed E-state index contributed by atoms with van der Waals surface area (Å²) in [7, 11) is 0. The Hall–Kier alpha value is -1.95. The molecule has 1 aromatic rings. The van der Waals surface area contributed by atoms with Crippen LogP contribution in [0.3, 0.4) is 0 Å². The highest BCUT2D eigenvalue weighted by atomic mass is 16.5. The number of nitrogens with zero attached hydrogens (tertiary/aromatic N) is 3. The summed E-state index contributed by atoms with van der Waals surface area (Å²) in [5, 5.41) is 0. The fourth-order valence-corrected chi connectivity index (χ4v) is 4.27. The van der Waals surface area contributed by atoms with Gasteiger partial charge in [-0.3, -0.25) is 9.59 Å². The lowest BCUT2D eigenvalue weighted by Gasteiger charge is -2.34. The predicted molar refractivity (Wildman–Crippen MR) is 87.5 cm³/mol. The lowest BCUT2D eigenvalue weighted by molar-refractivity contribution is -0.132. The number of fused-ring (bicyclic) bond motifs is 1. The van der Waals surface area contributed by atoms with Gasteiger partial charge in [0, 0.05) is 31.8 Å². The van der Waals surface area contributed by atoms with Crippen LogP contribution in [-0.2, 0) is 9.53 Å². The summed E-state index contributed by atoms with van der Waals surface area (Å²) < 4.78 is 6.01. The second-order valence-corrected chi connectivity index (χ2v) is 6.92. The van der Waals surface area contributed by atoms with Gasteiger partial charge in [0.2, 0.25) is 5.91 Å². The molecular formula is C18H23N3O3. The molecule has 3 fully saturated rings. The third kappa shape index (κ3) is 2.59. The van der Waals surface area contributed by atoms with Gasteiger partial charge in [-0.2, -0.15) is 0 Å². The third-order valence-electron chi connectivity index (χ3n) is 5.38. The minimum absolute atomic E-state index is 0.0148. The van der Waals surface area contributed by atoms with E-state index in [4.69, 9.17) is 4.74 Å². The molecule has 4 rings (SSSR count). The smallest absolute Gasteiger partial charge is 0.272 e. The van der Waals surface area contributed by atoms with Crippen molar-refractivity contribution in [3.05, 3.63) is 29.6 Å². The summed E-state index contributed by atoms with van der Waals surface area (Å²) in [6.07, 6.45) is 3.34. The molecule has 0 unspecified atom stereocenters. The molecule has 3 aliphatic heterocycles. The predicted octanol–water partition coefficient (Wildman–Crippen LogP) is 1.38. The number of pyridine rings is 1. The summed E-state index contributed by atoms with van der Waals surface area (Å²) in [4.78, 5) is 33.4. The summed E-state index contributed by atoms with van der Waals surface area (Å²) in [6, 6.07) is 5.55. The Labute approximate surface area is 141 Å². The minimum Gasteiger partial charge on any atom is -0.374 e. The molecule has 1 aromatic heterocycles. The average Bonchev–Trinajstić information content (AvgIpc) is 3.17. The lowest BCUT2D eigenvalue weighted by atomic mass is 10.00. The van der Waals surface area contributed by atoms with E-state index in [-0.39, 0.29) is 30.0 Å². The van der Waals surface area contributed by atoms with Crippen molar-refractivity contribution in [1.82, 2.24) is 14.8 Å². The lowest BCUT2D eigenvalue weighted by Crippen LogP contribution is -2.48. The number of ether oxygens (including phenoxy) is 1. The second-order valence-electron chi connectivity index (χ2n) is 6.92. The van der Waals surface area contributed by atoms with Gasteiger partial charge in [0.15, 0.2) is 0 Å². The molecule has 0 spiro atoms. The normalized spacial score (nSPS) is 29.9. The number of likely N-dealkylation sites (tertiary alicyclic amines) is 2. The van der Waals surface area contributed by atoms with Gasteiger partial charge in [0.1, 0.15) is 5.69 Å². The maximum Gasteiger partial charge on any atom is 0.272 e. The number of carbonyl (C=O) groups excluding carboxylic acids is 2. The first-order valence-electron chi connectivity index (χ1n) is 8.81. The highest BCUT2D eigenvalue weighted by Gasteiger charge is 2.50. The zero-order valence-electron chi connectivity index (χ0n) is 14.0. The van der Waals surface area contributed by atoms with Crippen molar-refractivity contribution in [2.75, 3.05) is 19.7 Å². The quantitative estimate of drug-likeness (QED) is 0.822. The Morgan fingerprint density at radius 3 is 2.92 bits per heavy atom. The third-order valence-corrected chi connectivity index (χ3v) is 5.38. The second kappa shape index (κ2) is 6.16. The van der Waals surface area contributed by atoms with Crippen LogP contribution in [0.5, 0.6) is 0 Å². The van der Waals surface area contributed by atoms with Crippen LogP contribution in [0.4, 0.5) is 0 Å². The summed E-state index contributed by atoms with van der Waals surface area (Å²) in [5.74, 6) is 0.143. The molecule has 4 heterocycles. The molecule has 128 valence electrons. The SMILES string of the molecule is Cc1cccc(C(=O)N2C[C@H](N3CCCC3=O)[C@@H]3OCCC[C@@H]32)n1. The van der Waals surface area contributed by atoms with Crippen molar-refractivity contribution >= 4 is 11.8 Å². The fourth-order valence-electron chi connectivity index (χ4n) is 4.27. The number of aryl methyl sites for hydroxylation is 1. The molecule has 0 aliphatic carbocycles. The van der Waals surface area contributed by atoms with E-state index in [1.54, 1.807) is 6.07 Å². The zero-order valence-corrected chi connectivity index (χ0v) is 14.0. The molecule has 3 atom stereocenters.